The van der Waals surface area contributed by atoms with Crippen LogP contribution in [0.15, 0.2) is 78.0 Å². The summed E-state index contributed by atoms with van der Waals surface area (Å²) in [7, 11) is -2.75. The fraction of sp³-hybridized carbons (Fsp3) is 0.130. The predicted octanol–water partition coefficient (Wildman–Crippen LogP) is 3.17. The number of benzene rings is 2. The van der Waals surface area contributed by atoms with Crippen molar-refractivity contribution in [2.45, 2.75) is 17.9 Å². The van der Waals surface area contributed by atoms with Crippen LogP contribution in [0.5, 0.6) is 5.75 Å². The highest BCUT2D eigenvalue weighted by Gasteiger charge is 2.34. The first-order valence-electron chi connectivity index (χ1n) is 9.61. The number of carbonyl (C=O) groups is 1. The highest BCUT2D eigenvalue weighted by Crippen LogP contribution is 2.31. The van der Waals surface area contributed by atoms with E-state index < -0.39 is 22.0 Å². The Bertz CT molecular complexity index is 1220. The lowest BCUT2D eigenvalue weighted by Crippen LogP contribution is -2.43. The topological polar surface area (TPSA) is 111 Å². The van der Waals surface area contributed by atoms with Crippen molar-refractivity contribution in [3.63, 3.8) is 0 Å². The number of ether oxygens (including phenoxy) is 1. The Labute approximate surface area is 186 Å². The van der Waals surface area contributed by atoms with Crippen molar-refractivity contribution in [1.29, 1.82) is 0 Å². The van der Waals surface area contributed by atoms with Crippen molar-refractivity contribution in [1.82, 2.24) is 0 Å². The number of carboxylic acids is 1. The second kappa shape index (κ2) is 9.52. The molecule has 0 fully saturated rings. The summed E-state index contributed by atoms with van der Waals surface area (Å²) in [5.74, 6) is -0.809. The van der Waals surface area contributed by atoms with Gasteiger partial charge in [0, 0.05) is 12.1 Å². The lowest BCUT2D eigenvalue weighted by Gasteiger charge is -2.29. The van der Waals surface area contributed by atoms with E-state index in [0.717, 1.165) is 9.87 Å². The van der Waals surface area contributed by atoms with Crippen LogP contribution in [-0.2, 0) is 14.8 Å². The largest absolute Gasteiger partial charge is 0.619 e. The standard InChI is InChI=1S/C23H22N2O6S/c1-17(23(26)27)25(32(29,30)21-11-9-20(31-2)10-12-21)22-6-4-3-5-19(22)8-7-18-13-15-24(28)16-14-18/h3-17H,1-2H3,(H,26,27)/b8-7+. The molecule has 0 amide bonds. The smallest absolute Gasteiger partial charge is 0.327 e. The van der Waals surface area contributed by atoms with Gasteiger partial charge >= 0.3 is 5.97 Å². The van der Waals surface area contributed by atoms with Gasteiger partial charge in [-0.2, -0.15) is 4.73 Å². The van der Waals surface area contributed by atoms with E-state index >= 15 is 0 Å². The number of sulfonamides is 1. The van der Waals surface area contributed by atoms with E-state index in [2.05, 4.69) is 0 Å². The highest BCUT2D eigenvalue weighted by molar-refractivity contribution is 7.93. The van der Waals surface area contributed by atoms with Gasteiger partial charge in [0.05, 0.1) is 17.7 Å². The van der Waals surface area contributed by atoms with Crippen molar-refractivity contribution in [2.24, 2.45) is 0 Å². The molecule has 1 aromatic heterocycles. The van der Waals surface area contributed by atoms with Crippen LogP contribution < -0.4 is 13.8 Å². The molecule has 166 valence electrons. The van der Waals surface area contributed by atoms with Gasteiger partial charge in [0.25, 0.3) is 10.0 Å². The molecule has 9 heteroatoms. The Kier molecular flexibility index (Phi) is 6.79. The molecule has 0 saturated heterocycles. The van der Waals surface area contributed by atoms with Crippen LogP contribution in [0.2, 0.25) is 0 Å². The number of hydrogen-bond acceptors (Lipinski definition) is 5. The third-order valence-electron chi connectivity index (χ3n) is 4.78. The summed E-state index contributed by atoms with van der Waals surface area (Å²) >= 11 is 0. The number of pyridine rings is 1. The molecule has 1 N–H and O–H groups in total. The number of methoxy groups -OCH3 is 1. The summed E-state index contributed by atoms with van der Waals surface area (Å²) < 4.78 is 33.6. The maximum atomic E-state index is 13.5. The zero-order chi connectivity index (χ0) is 23.3. The SMILES string of the molecule is COc1ccc(S(=O)(=O)N(c2ccccc2/C=C/c2cc[n+]([O-])cc2)C(C)C(=O)O)cc1. The maximum absolute atomic E-state index is 13.5. The Hall–Kier alpha value is -3.85. The first-order chi connectivity index (χ1) is 15.2. The summed E-state index contributed by atoms with van der Waals surface area (Å²) in [6.07, 6.45) is 6.07. The molecule has 1 unspecified atom stereocenters. The fourth-order valence-corrected chi connectivity index (χ4v) is 4.70. The van der Waals surface area contributed by atoms with E-state index in [9.17, 15) is 23.5 Å². The molecule has 1 heterocycles. The summed E-state index contributed by atoms with van der Waals surface area (Å²) in [6.45, 7) is 1.31. The van der Waals surface area contributed by atoms with Gasteiger partial charge in [-0.05, 0) is 48.4 Å². The second-order valence-electron chi connectivity index (χ2n) is 6.87. The zero-order valence-electron chi connectivity index (χ0n) is 17.5. The summed E-state index contributed by atoms with van der Waals surface area (Å²) in [5, 5.41) is 20.9. The molecule has 0 spiro atoms. The predicted molar refractivity (Wildman–Crippen MR) is 121 cm³/mol. The Balaban J connectivity index is 2.10. The summed E-state index contributed by atoms with van der Waals surface area (Å²) in [4.78, 5) is 11.8. The normalized spacial score (nSPS) is 12.4. The lowest BCUT2D eigenvalue weighted by atomic mass is 10.1. The monoisotopic (exact) mass is 454 g/mol. The summed E-state index contributed by atoms with van der Waals surface area (Å²) in [6, 6.07) is 14.2. The number of hydrogen-bond donors (Lipinski definition) is 1. The van der Waals surface area contributed by atoms with E-state index in [1.54, 1.807) is 48.6 Å². The molecule has 8 nitrogen and oxygen atoms in total. The molecule has 0 bridgehead atoms. The lowest BCUT2D eigenvalue weighted by molar-refractivity contribution is -0.605. The van der Waals surface area contributed by atoms with Gasteiger partial charge in [0.1, 0.15) is 11.8 Å². The summed E-state index contributed by atoms with van der Waals surface area (Å²) in [5.41, 5.74) is 1.43. The van der Waals surface area contributed by atoms with Gasteiger partial charge in [-0.1, -0.05) is 30.4 Å². The quantitative estimate of drug-likeness (QED) is 0.413. The maximum Gasteiger partial charge on any atom is 0.327 e. The first-order valence-corrected chi connectivity index (χ1v) is 11.1. The fourth-order valence-electron chi connectivity index (χ4n) is 3.06. The average Bonchev–Trinajstić information content (AvgIpc) is 2.79. The van der Waals surface area contributed by atoms with Gasteiger partial charge in [0.15, 0.2) is 12.4 Å². The highest BCUT2D eigenvalue weighted by atomic mass is 32.2. The van der Waals surface area contributed by atoms with Crippen LogP contribution in [0.25, 0.3) is 12.2 Å². The molecule has 0 aliphatic rings. The number of carboxylic acid groups (broad SMARTS) is 1. The first kappa shape index (κ1) is 22.8. The van der Waals surface area contributed by atoms with Crippen LogP contribution in [0.4, 0.5) is 5.69 Å². The van der Waals surface area contributed by atoms with Crippen LogP contribution in [0.1, 0.15) is 18.1 Å². The van der Waals surface area contributed by atoms with E-state index in [1.165, 1.54) is 50.7 Å². The molecule has 0 radical (unpaired) electrons. The minimum atomic E-state index is -4.22. The number of nitrogens with zero attached hydrogens (tertiary/aromatic N) is 2. The second-order valence-corrected chi connectivity index (χ2v) is 8.69. The zero-order valence-corrected chi connectivity index (χ0v) is 18.3. The van der Waals surface area contributed by atoms with Crippen LogP contribution in [0.3, 0.4) is 0 Å². The van der Waals surface area contributed by atoms with Crippen LogP contribution >= 0.6 is 0 Å². The van der Waals surface area contributed by atoms with Crippen LogP contribution in [-0.4, -0.2) is 32.6 Å². The van der Waals surface area contributed by atoms with Crippen molar-refractivity contribution < 1.29 is 27.8 Å². The van der Waals surface area contributed by atoms with E-state index in [0.29, 0.717) is 16.0 Å². The van der Waals surface area contributed by atoms with Gasteiger partial charge in [-0.3, -0.25) is 4.31 Å². The van der Waals surface area contributed by atoms with Gasteiger partial charge in [-0.15, -0.1) is 0 Å². The molecule has 0 aliphatic carbocycles. The molecule has 3 rings (SSSR count). The molecule has 32 heavy (non-hydrogen) atoms. The molecule has 3 aromatic rings. The van der Waals surface area contributed by atoms with Crippen molar-refractivity contribution in [3.05, 3.63) is 89.4 Å². The molecular weight excluding hydrogens is 432 g/mol. The molecule has 2 aromatic carbocycles. The van der Waals surface area contributed by atoms with Gasteiger partial charge in [0.2, 0.25) is 0 Å². The van der Waals surface area contributed by atoms with Crippen molar-refractivity contribution in [2.75, 3.05) is 11.4 Å². The Morgan fingerprint density at radius 3 is 2.28 bits per heavy atom. The number of aliphatic carboxylic acids is 1. The third-order valence-corrected chi connectivity index (χ3v) is 6.68. The Morgan fingerprint density at radius 2 is 1.69 bits per heavy atom. The average molecular weight is 455 g/mol. The number of para-hydroxylation sites is 1. The molecule has 0 aliphatic heterocycles. The van der Waals surface area contributed by atoms with E-state index in [-0.39, 0.29) is 10.6 Å². The Morgan fingerprint density at radius 1 is 1.06 bits per heavy atom. The number of rotatable bonds is 8. The molecular formula is C23H22N2O6S. The number of anilines is 1. The van der Waals surface area contributed by atoms with E-state index in [4.69, 9.17) is 4.74 Å². The minimum Gasteiger partial charge on any atom is -0.619 e. The van der Waals surface area contributed by atoms with Gasteiger partial charge < -0.3 is 15.1 Å². The van der Waals surface area contributed by atoms with Crippen LogP contribution in [0, 0.1) is 5.21 Å². The van der Waals surface area contributed by atoms with E-state index in [1.807, 2.05) is 0 Å². The molecule has 0 saturated carbocycles. The van der Waals surface area contributed by atoms with Crippen molar-refractivity contribution in [3.8, 4) is 5.75 Å². The van der Waals surface area contributed by atoms with Crippen molar-refractivity contribution >= 4 is 33.8 Å². The minimum absolute atomic E-state index is 0.0618. The third kappa shape index (κ3) is 4.89. The molecule has 1 atom stereocenters. The van der Waals surface area contributed by atoms with Gasteiger partial charge in [-0.25, -0.2) is 13.2 Å². The number of aromatic nitrogens is 1.